The highest BCUT2D eigenvalue weighted by atomic mass is 19.1. The molecule has 0 saturated heterocycles. The molecule has 0 bridgehead atoms. The summed E-state index contributed by atoms with van der Waals surface area (Å²) in [5, 5.41) is 9.39. The van der Waals surface area contributed by atoms with Gasteiger partial charge in [0.15, 0.2) is 17.4 Å². The van der Waals surface area contributed by atoms with Crippen molar-refractivity contribution in [1.29, 1.82) is 0 Å². The summed E-state index contributed by atoms with van der Waals surface area (Å²) in [4.78, 5) is 14.9. The van der Waals surface area contributed by atoms with E-state index in [1.807, 2.05) is 0 Å². The van der Waals surface area contributed by atoms with Gasteiger partial charge in [0.25, 0.3) is 0 Å². The Morgan fingerprint density at radius 1 is 1.26 bits per heavy atom. The highest BCUT2D eigenvalue weighted by molar-refractivity contribution is 5.86. The number of rotatable bonds is 8. The lowest BCUT2D eigenvalue weighted by Gasteiger charge is -2.11. The molecule has 6 nitrogen and oxygen atoms in total. The van der Waals surface area contributed by atoms with Crippen LogP contribution < -0.4 is 15.2 Å². The minimum atomic E-state index is -0.969. The van der Waals surface area contributed by atoms with Crippen molar-refractivity contribution in [3.05, 3.63) is 53.8 Å². The highest BCUT2D eigenvalue weighted by Gasteiger charge is 2.22. The maximum Gasteiger partial charge on any atom is 0.244 e. The van der Waals surface area contributed by atoms with Gasteiger partial charge in [0.05, 0.1) is 12.3 Å². The normalized spacial score (nSPS) is 14.1. The minimum Gasteiger partial charge on any atom is -0.508 e. The molecule has 2 aromatic rings. The average molecular weight is 376 g/mol. The van der Waals surface area contributed by atoms with Crippen molar-refractivity contribution in [3.63, 3.8) is 0 Å². The molecule has 0 atom stereocenters. The van der Waals surface area contributed by atoms with E-state index in [-0.39, 0.29) is 5.56 Å². The lowest BCUT2D eigenvalue weighted by molar-refractivity contribution is -0.113. The molecule has 0 spiro atoms. The first-order valence-corrected chi connectivity index (χ1v) is 8.33. The van der Waals surface area contributed by atoms with Crippen LogP contribution in [0.1, 0.15) is 12.8 Å². The third-order valence-corrected chi connectivity index (χ3v) is 3.85. The number of benzene rings is 1. The number of primary amides is 1. The Bertz CT molecular complexity index is 859. The first kappa shape index (κ1) is 18.6. The molecule has 1 aromatic carbocycles. The number of aliphatic hydroxyl groups is 1. The Labute approximate surface area is 154 Å². The Morgan fingerprint density at radius 3 is 2.59 bits per heavy atom. The van der Waals surface area contributed by atoms with E-state index in [1.165, 1.54) is 0 Å². The van der Waals surface area contributed by atoms with Gasteiger partial charge in [-0.25, -0.2) is 13.8 Å². The summed E-state index contributed by atoms with van der Waals surface area (Å²) in [7, 11) is 0. The molecule has 0 radical (unpaired) electrons. The number of aromatic nitrogens is 1. The predicted molar refractivity (Wildman–Crippen MR) is 93.2 cm³/mol. The molecule has 1 amide bonds. The molecule has 27 heavy (non-hydrogen) atoms. The van der Waals surface area contributed by atoms with Crippen LogP contribution in [-0.4, -0.2) is 29.2 Å². The van der Waals surface area contributed by atoms with Crippen molar-refractivity contribution >= 4 is 5.91 Å². The van der Waals surface area contributed by atoms with E-state index >= 15 is 0 Å². The van der Waals surface area contributed by atoms with Gasteiger partial charge < -0.3 is 20.3 Å². The van der Waals surface area contributed by atoms with Gasteiger partial charge in [0.1, 0.15) is 12.4 Å². The van der Waals surface area contributed by atoms with Gasteiger partial charge in [0, 0.05) is 17.7 Å². The molecule has 3 N–H and O–H groups in total. The van der Waals surface area contributed by atoms with Crippen LogP contribution in [0.5, 0.6) is 11.6 Å². The van der Waals surface area contributed by atoms with E-state index in [9.17, 15) is 18.7 Å². The van der Waals surface area contributed by atoms with Crippen molar-refractivity contribution in [1.82, 2.24) is 4.98 Å². The number of aliphatic hydroxyl groups excluding tert-OH is 1. The molecule has 142 valence electrons. The van der Waals surface area contributed by atoms with Crippen LogP contribution in [0.15, 0.2) is 42.2 Å². The standard InChI is InChI=1S/C19H18F2N2O4/c20-14-6-12(7-15(21)19(14)27-10-13(24)8-17(22)25)16-2-1-3-18(23-16)26-9-11-4-5-11/h1-3,6-8,11,24H,4-5,9-10H2,(H2,22,25)/b13-8-. The number of carbonyl (C=O) groups excluding carboxylic acids is 1. The van der Waals surface area contributed by atoms with Crippen molar-refractivity contribution < 1.29 is 28.2 Å². The van der Waals surface area contributed by atoms with Crippen LogP contribution in [0.25, 0.3) is 11.3 Å². The molecule has 1 saturated carbocycles. The number of hydrogen-bond acceptors (Lipinski definition) is 5. The number of nitrogens with zero attached hydrogens (tertiary/aromatic N) is 1. The molecule has 1 aromatic heterocycles. The lowest BCUT2D eigenvalue weighted by Crippen LogP contribution is -2.11. The zero-order valence-corrected chi connectivity index (χ0v) is 14.3. The van der Waals surface area contributed by atoms with Crippen molar-refractivity contribution in [3.8, 4) is 22.9 Å². The van der Waals surface area contributed by atoms with E-state index < -0.39 is 35.7 Å². The second-order valence-corrected chi connectivity index (χ2v) is 6.21. The molecule has 1 aliphatic carbocycles. The lowest BCUT2D eigenvalue weighted by atomic mass is 10.1. The summed E-state index contributed by atoms with van der Waals surface area (Å²) in [6.45, 7) is -0.0207. The van der Waals surface area contributed by atoms with Crippen LogP contribution in [-0.2, 0) is 4.79 Å². The quantitative estimate of drug-likeness (QED) is 0.545. The van der Waals surface area contributed by atoms with Crippen molar-refractivity contribution in [2.75, 3.05) is 13.2 Å². The summed E-state index contributed by atoms with van der Waals surface area (Å²) >= 11 is 0. The maximum absolute atomic E-state index is 14.3. The minimum absolute atomic E-state index is 0.214. The van der Waals surface area contributed by atoms with Gasteiger partial charge >= 0.3 is 0 Å². The molecule has 1 heterocycles. The summed E-state index contributed by atoms with van der Waals surface area (Å²) in [5.41, 5.74) is 5.43. The third kappa shape index (κ3) is 5.16. The summed E-state index contributed by atoms with van der Waals surface area (Å²) in [5.74, 6) is -3.12. The number of hydrogen-bond donors (Lipinski definition) is 2. The first-order chi connectivity index (χ1) is 12.9. The average Bonchev–Trinajstić information content (AvgIpc) is 3.43. The predicted octanol–water partition coefficient (Wildman–Crippen LogP) is 3.12. The number of ether oxygens (including phenoxy) is 2. The molecule has 1 fully saturated rings. The number of halogens is 2. The summed E-state index contributed by atoms with van der Waals surface area (Å²) in [6, 6.07) is 7.13. The fourth-order valence-corrected chi connectivity index (χ4v) is 2.34. The fourth-order valence-electron chi connectivity index (χ4n) is 2.34. The number of amides is 1. The number of nitrogens with two attached hydrogens (primary N) is 1. The largest absolute Gasteiger partial charge is 0.508 e. The molecule has 1 aliphatic rings. The molecule has 0 aliphatic heterocycles. The molecular formula is C19H18F2N2O4. The molecule has 8 heteroatoms. The second-order valence-electron chi connectivity index (χ2n) is 6.21. The van der Waals surface area contributed by atoms with E-state index in [4.69, 9.17) is 15.2 Å². The van der Waals surface area contributed by atoms with Gasteiger partial charge in [-0.3, -0.25) is 4.79 Å². The third-order valence-electron chi connectivity index (χ3n) is 3.85. The topological polar surface area (TPSA) is 94.7 Å². The van der Waals surface area contributed by atoms with Crippen LogP contribution in [0, 0.1) is 17.6 Å². The van der Waals surface area contributed by atoms with Gasteiger partial charge in [-0.1, -0.05) is 6.07 Å². The van der Waals surface area contributed by atoms with E-state index in [1.54, 1.807) is 18.2 Å². The maximum atomic E-state index is 14.3. The van der Waals surface area contributed by atoms with Crippen molar-refractivity contribution in [2.24, 2.45) is 11.7 Å². The zero-order chi connectivity index (χ0) is 19.4. The summed E-state index contributed by atoms with van der Waals surface area (Å²) in [6.07, 6.45) is 2.98. The Morgan fingerprint density at radius 2 is 1.96 bits per heavy atom. The van der Waals surface area contributed by atoms with E-state index in [2.05, 4.69) is 4.98 Å². The zero-order valence-electron chi connectivity index (χ0n) is 14.3. The van der Waals surface area contributed by atoms with Crippen LogP contribution in [0.2, 0.25) is 0 Å². The number of carbonyl (C=O) groups is 1. The van der Waals surface area contributed by atoms with Crippen LogP contribution >= 0.6 is 0 Å². The Hall–Kier alpha value is -3.16. The SMILES string of the molecule is NC(=O)/C=C(\O)COc1c(F)cc(-c2cccc(OCC3CC3)n2)cc1F. The van der Waals surface area contributed by atoms with Gasteiger partial charge in [-0.15, -0.1) is 0 Å². The fraction of sp³-hybridized carbons (Fsp3) is 0.263. The van der Waals surface area contributed by atoms with Gasteiger partial charge in [0.2, 0.25) is 11.8 Å². The number of pyridine rings is 1. The van der Waals surface area contributed by atoms with Crippen LogP contribution in [0.3, 0.4) is 0 Å². The smallest absolute Gasteiger partial charge is 0.244 e. The Kier molecular flexibility index (Phi) is 5.54. The van der Waals surface area contributed by atoms with Crippen molar-refractivity contribution in [2.45, 2.75) is 12.8 Å². The first-order valence-electron chi connectivity index (χ1n) is 8.33. The van der Waals surface area contributed by atoms with E-state index in [0.29, 0.717) is 30.2 Å². The van der Waals surface area contributed by atoms with Crippen LogP contribution in [0.4, 0.5) is 8.78 Å². The molecule has 0 unspecified atom stereocenters. The van der Waals surface area contributed by atoms with Gasteiger partial charge in [-0.05, 0) is 37.0 Å². The summed E-state index contributed by atoms with van der Waals surface area (Å²) < 4.78 is 39.0. The van der Waals surface area contributed by atoms with Gasteiger partial charge in [-0.2, -0.15) is 0 Å². The van der Waals surface area contributed by atoms with E-state index in [0.717, 1.165) is 25.0 Å². The monoisotopic (exact) mass is 376 g/mol. The second kappa shape index (κ2) is 8.03. The highest BCUT2D eigenvalue weighted by Crippen LogP contribution is 2.31. The Balaban J connectivity index is 1.75. The molecular weight excluding hydrogens is 358 g/mol. The molecule has 3 rings (SSSR count).